The summed E-state index contributed by atoms with van der Waals surface area (Å²) in [4.78, 5) is 0. The first-order valence-corrected chi connectivity index (χ1v) is 5.68. The Morgan fingerprint density at radius 3 is 2.50 bits per heavy atom. The fourth-order valence-corrected chi connectivity index (χ4v) is 1.44. The van der Waals surface area contributed by atoms with Gasteiger partial charge in [0.2, 0.25) is 0 Å². The van der Waals surface area contributed by atoms with Gasteiger partial charge < -0.3 is 15.2 Å². The summed E-state index contributed by atoms with van der Waals surface area (Å²) in [6.45, 7) is 3.21. The quantitative estimate of drug-likeness (QED) is 0.803. The van der Waals surface area contributed by atoms with Crippen LogP contribution in [0.25, 0.3) is 0 Å². The number of methoxy groups -OCH3 is 1. The molecule has 0 heterocycles. The fraction of sp³-hybridized carbons (Fsp3) is 0.500. The van der Waals surface area contributed by atoms with Crippen LogP contribution in [-0.4, -0.2) is 31.4 Å². The summed E-state index contributed by atoms with van der Waals surface area (Å²) < 4.78 is 5.09. The second-order valence-corrected chi connectivity index (χ2v) is 4.21. The van der Waals surface area contributed by atoms with Crippen LogP contribution in [0.3, 0.4) is 0 Å². The first-order chi connectivity index (χ1) is 7.63. The summed E-state index contributed by atoms with van der Waals surface area (Å²) in [5, 5.41) is 13.7. The number of nitrogens with one attached hydrogen (secondary N) is 1. The lowest BCUT2D eigenvalue weighted by Gasteiger charge is -2.14. The molecule has 4 heteroatoms. The van der Waals surface area contributed by atoms with Crippen LogP contribution in [0.15, 0.2) is 24.3 Å². The maximum atomic E-state index is 9.85. The Morgan fingerprint density at radius 2 is 1.94 bits per heavy atom. The molecule has 0 aromatic heterocycles. The Morgan fingerprint density at radius 1 is 1.31 bits per heavy atom. The van der Waals surface area contributed by atoms with Crippen molar-refractivity contribution in [2.75, 3.05) is 20.2 Å². The van der Waals surface area contributed by atoms with Gasteiger partial charge >= 0.3 is 0 Å². The number of hydrogen-bond acceptors (Lipinski definition) is 3. The zero-order valence-corrected chi connectivity index (χ0v) is 10.4. The van der Waals surface area contributed by atoms with Gasteiger partial charge in [0.1, 0.15) is 0 Å². The highest BCUT2D eigenvalue weighted by Gasteiger charge is 2.07. The normalized spacial score (nSPS) is 14.8. The van der Waals surface area contributed by atoms with E-state index < -0.39 is 6.10 Å². The van der Waals surface area contributed by atoms with Gasteiger partial charge in [-0.15, -0.1) is 0 Å². The van der Waals surface area contributed by atoms with Crippen LogP contribution in [0.4, 0.5) is 0 Å². The molecule has 0 aliphatic rings. The molecular weight excluding hydrogens is 226 g/mol. The third kappa shape index (κ3) is 4.49. The highest BCUT2D eigenvalue weighted by atomic mass is 35.5. The molecule has 0 saturated carbocycles. The molecule has 2 N–H and O–H groups in total. The van der Waals surface area contributed by atoms with Gasteiger partial charge in [0.25, 0.3) is 0 Å². The van der Waals surface area contributed by atoms with Gasteiger partial charge in [0.15, 0.2) is 0 Å². The number of hydrogen-bond donors (Lipinski definition) is 2. The zero-order valence-electron chi connectivity index (χ0n) is 9.61. The highest BCUT2D eigenvalue weighted by Crippen LogP contribution is 2.15. The number of halogens is 1. The topological polar surface area (TPSA) is 41.5 Å². The molecule has 0 bridgehead atoms. The molecule has 0 amide bonds. The summed E-state index contributed by atoms with van der Waals surface area (Å²) in [6.07, 6.45) is -0.362. The van der Waals surface area contributed by atoms with E-state index in [9.17, 15) is 5.11 Å². The number of rotatable bonds is 6. The van der Waals surface area contributed by atoms with Crippen molar-refractivity contribution in [3.63, 3.8) is 0 Å². The molecule has 0 radical (unpaired) electrons. The summed E-state index contributed by atoms with van der Waals surface area (Å²) in [7, 11) is 1.67. The molecule has 3 nitrogen and oxygen atoms in total. The zero-order chi connectivity index (χ0) is 12.0. The standard InChI is InChI=1S/C12H18ClNO2/c1-9(16-2)7-14-8-12(15)10-3-5-11(13)6-4-10/h3-6,9,12,14-15H,7-8H2,1-2H3. The maximum Gasteiger partial charge on any atom is 0.0914 e. The molecule has 0 fully saturated rings. The number of aliphatic hydroxyl groups is 1. The molecule has 0 aliphatic heterocycles. The molecule has 1 rings (SSSR count). The minimum atomic E-state index is -0.513. The third-order valence-electron chi connectivity index (χ3n) is 2.43. The molecule has 2 atom stereocenters. The van der Waals surface area contributed by atoms with Crippen molar-refractivity contribution in [1.82, 2.24) is 5.32 Å². The Labute approximate surface area is 101 Å². The van der Waals surface area contributed by atoms with Crippen LogP contribution in [0, 0.1) is 0 Å². The van der Waals surface area contributed by atoms with E-state index in [-0.39, 0.29) is 6.10 Å². The van der Waals surface area contributed by atoms with Crippen LogP contribution in [0.5, 0.6) is 0 Å². The Hall–Kier alpha value is -0.610. The minimum Gasteiger partial charge on any atom is -0.387 e. The molecule has 16 heavy (non-hydrogen) atoms. The predicted molar refractivity (Wildman–Crippen MR) is 65.8 cm³/mol. The summed E-state index contributed by atoms with van der Waals surface area (Å²) in [6, 6.07) is 7.21. The number of ether oxygens (including phenoxy) is 1. The van der Waals surface area contributed by atoms with Crippen LogP contribution < -0.4 is 5.32 Å². The monoisotopic (exact) mass is 243 g/mol. The molecule has 0 spiro atoms. The van der Waals surface area contributed by atoms with E-state index in [1.54, 1.807) is 19.2 Å². The Kier molecular flexibility index (Phi) is 5.77. The first-order valence-electron chi connectivity index (χ1n) is 5.30. The van der Waals surface area contributed by atoms with Crippen molar-refractivity contribution >= 4 is 11.6 Å². The van der Waals surface area contributed by atoms with Gasteiger partial charge in [-0.1, -0.05) is 23.7 Å². The van der Waals surface area contributed by atoms with Crippen LogP contribution in [0.2, 0.25) is 5.02 Å². The average Bonchev–Trinajstić information content (AvgIpc) is 2.29. The van der Waals surface area contributed by atoms with E-state index >= 15 is 0 Å². The van der Waals surface area contributed by atoms with Gasteiger partial charge in [0, 0.05) is 25.2 Å². The fourth-order valence-electron chi connectivity index (χ4n) is 1.31. The molecule has 2 unspecified atom stereocenters. The van der Waals surface area contributed by atoms with E-state index in [0.717, 1.165) is 12.1 Å². The summed E-state index contributed by atoms with van der Waals surface area (Å²) >= 11 is 5.77. The lowest BCUT2D eigenvalue weighted by atomic mass is 10.1. The van der Waals surface area contributed by atoms with E-state index in [1.807, 2.05) is 19.1 Å². The smallest absolute Gasteiger partial charge is 0.0914 e. The van der Waals surface area contributed by atoms with E-state index in [1.165, 1.54) is 0 Å². The maximum absolute atomic E-state index is 9.85. The Bertz CT molecular complexity index is 302. The van der Waals surface area contributed by atoms with Gasteiger partial charge in [-0.25, -0.2) is 0 Å². The first kappa shape index (κ1) is 13.5. The van der Waals surface area contributed by atoms with Gasteiger partial charge in [-0.05, 0) is 24.6 Å². The minimum absolute atomic E-state index is 0.150. The second-order valence-electron chi connectivity index (χ2n) is 3.77. The largest absolute Gasteiger partial charge is 0.387 e. The number of aliphatic hydroxyl groups excluding tert-OH is 1. The SMILES string of the molecule is COC(C)CNCC(O)c1ccc(Cl)cc1. The van der Waals surface area contributed by atoms with Gasteiger partial charge in [-0.3, -0.25) is 0 Å². The molecule has 1 aromatic carbocycles. The van der Waals surface area contributed by atoms with Crippen molar-refractivity contribution < 1.29 is 9.84 Å². The second kappa shape index (κ2) is 6.86. The van der Waals surface area contributed by atoms with E-state index in [2.05, 4.69) is 5.32 Å². The molecule has 90 valence electrons. The van der Waals surface area contributed by atoms with Crippen LogP contribution in [-0.2, 0) is 4.74 Å². The number of benzene rings is 1. The Balaban J connectivity index is 2.35. The van der Waals surface area contributed by atoms with Crippen molar-refractivity contribution in [3.8, 4) is 0 Å². The molecule has 0 saturated heterocycles. The van der Waals surface area contributed by atoms with E-state index in [0.29, 0.717) is 11.6 Å². The molecular formula is C12H18ClNO2. The average molecular weight is 244 g/mol. The van der Waals surface area contributed by atoms with Crippen LogP contribution >= 0.6 is 11.6 Å². The highest BCUT2D eigenvalue weighted by molar-refractivity contribution is 6.30. The summed E-state index contributed by atoms with van der Waals surface area (Å²) in [5.74, 6) is 0. The van der Waals surface area contributed by atoms with Crippen molar-refractivity contribution in [2.24, 2.45) is 0 Å². The van der Waals surface area contributed by atoms with E-state index in [4.69, 9.17) is 16.3 Å². The van der Waals surface area contributed by atoms with Crippen LogP contribution in [0.1, 0.15) is 18.6 Å². The van der Waals surface area contributed by atoms with Gasteiger partial charge in [-0.2, -0.15) is 0 Å². The van der Waals surface area contributed by atoms with Gasteiger partial charge in [0.05, 0.1) is 12.2 Å². The van der Waals surface area contributed by atoms with Crippen molar-refractivity contribution in [3.05, 3.63) is 34.9 Å². The van der Waals surface area contributed by atoms with Crippen molar-refractivity contribution in [1.29, 1.82) is 0 Å². The lowest BCUT2D eigenvalue weighted by Crippen LogP contribution is -2.29. The van der Waals surface area contributed by atoms with Crippen molar-refractivity contribution in [2.45, 2.75) is 19.1 Å². The molecule has 0 aliphatic carbocycles. The third-order valence-corrected chi connectivity index (χ3v) is 2.68. The lowest BCUT2D eigenvalue weighted by molar-refractivity contribution is 0.109. The predicted octanol–water partition coefficient (Wildman–Crippen LogP) is 2.00. The molecule has 1 aromatic rings. The summed E-state index contributed by atoms with van der Waals surface area (Å²) in [5.41, 5.74) is 0.863.